The predicted octanol–water partition coefficient (Wildman–Crippen LogP) is 3.08. The summed E-state index contributed by atoms with van der Waals surface area (Å²) in [6.45, 7) is 0. The normalized spacial score (nSPS) is 15.0. The number of rotatable bonds is 3. The van der Waals surface area contributed by atoms with E-state index >= 15 is 0 Å². The molecule has 4 N–H and O–H groups in total. The number of benzene rings is 3. The van der Waals surface area contributed by atoms with Crippen LogP contribution in [0.5, 0.6) is 17.2 Å². The molecular formula is C21H17N3O3. The summed E-state index contributed by atoms with van der Waals surface area (Å²) < 4.78 is 0. The monoisotopic (exact) mass is 359 g/mol. The maximum Gasteiger partial charge on any atom is 0.192 e. The van der Waals surface area contributed by atoms with Gasteiger partial charge >= 0.3 is 0 Å². The van der Waals surface area contributed by atoms with Crippen molar-refractivity contribution in [1.29, 1.82) is 0 Å². The zero-order valence-corrected chi connectivity index (χ0v) is 14.2. The molecular weight excluding hydrogens is 342 g/mol. The molecule has 0 amide bonds. The number of phenols is 3. The maximum absolute atomic E-state index is 10.5. The van der Waals surface area contributed by atoms with Crippen molar-refractivity contribution in [3.8, 4) is 17.2 Å². The highest BCUT2D eigenvalue weighted by molar-refractivity contribution is 6.06. The predicted molar refractivity (Wildman–Crippen MR) is 103 cm³/mol. The number of hydrogen-bond acceptors (Lipinski definition) is 6. The highest BCUT2D eigenvalue weighted by Crippen LogP contribution is 2.41. The number of nitrogens with one attached hydrogen (secondary N) is 1. The zero-order chi connectivity index (χ0) is 18.9. The summed E-state index contributed by atoms with van der Waals surface area (Å²) in [5, 5.41) is 34.3. The Hall–Kier alpha value is -3.80. The molecule has 0 saturated carbocycles. The minimum atomic E-state index is -1.31. The summed E-state index contributed by atoms with van der Waals surface area (Å²) in [6, 6.07) is 20.3. The van der Waals surface area contributed by atoms with Gasteiger partial charge in [0.05, 0.1) is 11.9 Å². The molecule has 0 aromatic heterocycles. The molecule has 0 fully saturated rings. The van der Waals surface area contributed by atoms with Gasteiger partial charge in [0.25, 0.3) is 0 Å². The van der Waals surface area contributed by atoms with Crippen LogP contribution in [0.2, 0.25) is 0 Å². The highest BCUT2D eigenvalue weighted by Gasteiger charge is 2.40. The first-order valence-corrected chi connectivity index (χ1v) is 8.37. The van der Waals surface area contributed by atoms with Gasteiger partial charge in [0.1, 0.15) is 17.2 Å². The molecule has 0 aliphatic carbocycles. The second-order valence-electron chi connectivity index (χ2n) is 6.10. The summed E-state index contributed by atoms with van der Waals surface area (Å²) in [5.74, 6) is 0.352. The topological polar surface area (TPSA) is 97.4 Å². The summed E-state index contributed by atoms with van der Waals surface area (Å²) in [7, 11) is 0. The van der Waals surface area contributed by atoms with Gasteiger partial charge in [-0.25, -0.2) is 9.98 Å². The van der Waals surface area contributed by atoms with E-state index in [1.54, 1.807) is 72.8 Å². The Morgan fingerprint density at radius 3 is 1.74 bits per heavy atom. The Kier molecular flexibility index (Phi) is 4.01. The lowest BCUT2D eigenvalue weighted by molar-refractivity contribution is 0.405. The summed E-state index contributed by atoms with van der Waals surface area (Å²) in [5.41, 5.74) is 0.0392. The van der Waals surface area contributed by atoms with Crippen molar-refractivity contribution in [1.82, 2.24) is 5.32 Å². The molecule has 0 unspecified atom stereocenters. The van der Waals surface area contributed by atoms with Crippen molar-refractivity contribution in [3.05, 3.63) is 89.5 Å². The van der Waals surface area contributed by atoms with Gasteiger partial charge in [-0.05, 0) is 24.3 Å². The number of para-hydroxylation sites is 3. The van der Waals surface area contributed by atoms with Crippen LogP contribution in [0, 0.1) is 0 Å². The zero-order valence-electron chi connectivity index (χ0n) is 14.2. The summed E-state index contributed by atoms with van der Waals surface area (Å²) in [6.07, 6.45) is 1.45. The van der Waals surface area contributed by atoms with Crippen LogP contribution in [0.1, 0.15) is 16.7 Å². The molecule has 134 valence electrons. The van der Waals surface area contributed by atoms with E-state index in [-0.39, 0.29) is 23.1 Å². The number of phenolic OH excluding ortho intramolecular Hbond substituents is 3. The maximum atomic E-state index is 10.5. The van der Waals surface area contributed by atoms with E-state index in [1.165, 1.54) is 6.34 Å². The van der Waals surface area contributed by atoms with Crippen molar-refractivity contribution in [2.24, 2.45) is 9.98 Å². The second kappa shape index (κ2) is 6.49. The van der Waals surface area contributed by atoms with E-state index in [0.29, 0.717) is 16.7 Å². The van der Waals surface area contributed by atoms with Crippen LogP contribution in [-0.2, 0) is 5.66 Å². The van der Waals surface area contributed by atoms with Gasteiger partial charge in [-0.1, -0.05) is 48.5 Å². The average molecular weight is 359 g/mol. The van der Waals surface area contributed by atoms with Crippen molar-refractivity contribution < 1.29 is 15.3 Å². The standard InChI is InChI=1S/C21H17N3O3/c25-17-10-4-1-7-14(17)20-22-13-23-21(24-20,15-8-2-5-11-18(15)26)16-9-3-6-12-19(16)27/h1-13,25-27H,(H,22,23,24). The molecule has 0 saturated heterocycles. The van der Waals surface area contributed by atoms with Gasteiger partial charge in [0.15, 0.2) is 11.5 Å². The number of nitrogens with zero attached hydrogens (tertiary/aromatic N) is 2. The molecule has 27 heavy (non-hydrogen) atoms. The quantitative estimate of drug-likeness (QED) is 0.578. The Bertz CT molecular complexity index is 1010. The van der Waals surface area contributed by atoms with Crippen LogP contribution in [0.4, 0.5) is 0 Å². The fraction of sp³-hybridized carbons (Fsp3) is 0.0476. The smallest absolute Gasteiger partial charge is 0.192 e. The van der Waals surface area contributed by atoms with Crippen LogP contribution in [0.3, 0.4) is 0 Å². The Labute approximate surface area is 155 Å². The molecule has 0 spiro atoms. The van der Waals surface area contributed by atoms with Gasteiger partial charge < -0.3 is 20.6 Å². The number of hydrogen-bond donors (Lipinski definition) is 4. The van der Waals surface area contributed by atoms with E-state index in [1.807, 2.05) is 0 Å². The third-order valence-corrected chi connectivity index (χ3v) is 4.47. The number of aliphatic imine (C=N–C) groups is 2. The fourth-order valence-corrected chi connectivity index (χ4v) is 3.18. The largest absolute Gasteiger partial charge is 0.507 e. The van der Waals surface area contributed by atoms with Crippen LogP contribution in [0.15, 0.2) is 82.8 Å². The van der Waals surface area contributed by atoms with Crippen LogP contribution in [-0.4, -0.2) is 27.5 Å². The molecule has 3 aromatic carbocycles. The van der Waals surface area contributed by atoms with Gasteiger partial charge in [0.2, 0.25) is 0 Å². The Morgan fingerprint density at radius 2 is 1.19 bits per heavy atom. The molecule has 1 aliphatic heterocycles. The van der Waals surface area contributed by atoms with E-state index < -0.39 is 5.66 Å². The van der Waals surface area contributed by atoms with Gasteiger partial charge in [-0.15, -0.1) is 0 Å². The highest BCUT2D eigenvalue weighted by atomic mass is 16.3. The molecule has 6 heteroatoms. The van der Waals surface area contributed by atoms with Crippen LogP contribution < -0.4 is 5.32 Å². The molecule has 0 atom stereocenters. The number of aromatic hydroxyl groups is 3. The molecule has 1 aliphatic rings. The molecule has 3 aromatic rings. The molecule has 0 bridgehead atoms. The Balaban J connectivity index is 2.01. The summed E-state index contributed by atoms with van der Waals surface area (Å²) >= 11 is 0. The summed E-state index contributed by atoms with van der Waals surface area (Å²) in [4.78, 5) is 8.99. The lowest BCUT2D eigenvalue weighted by Gasteiger charge is -2.34. The van der Waals surface area contributed by atoms with E-state index in [9.17, 15) is 15.3 Å². The third kappa shape index (κ3) is 2.77. The van der Waals surface area contributed by atoms with Crippen molar-refractivity contribution >= 4 is 12.2 Å². The number of amidine groups is 1. The minimum Gasteiger partial charge on any atom is -0.507 e. The average Bonchev–Trinajstić information content (AvgIpc) is 2.69. The van der Waals surface area contributed by atoms with Crippen molar-refractivity contribution in [3.63, 3.8) is 0 Å². The molecule has 0 radical (unpaired) electrons. The molecule has 6 nitrogen and oxygen atoms in total. The van der Waals surface area contributed by atoms with Crippen molar-refractivity contribution in [2.45, 2.75) is 5.66 Å². The molecule has 1 heterocycles. The first kappa shape index (κ1) is 16.7. The van der Waals surface area contributed by atoms with Crippen LogP contribution >= 0.6 is 0 Å². The van der Waals surface area contributed by atoms with E-state index in [0.717, 1.165) is 0 Å². The third-order valence-electron chi connectivity index (χ3n) is 4.47. The molecule has 4 rings (SSSR count). The lowest BCUT2D eigenvalue weighted by Crippen LogP contribution is -2.44. The second-order valence-corrected chi connectivity index (χ2v) is 6.10. The van der Waals surface area contributed by atoms with E-state index in [4.69, 9.17) is 4.99 Å². The lowest BCUT2D eigenvalue weighted by atomic mass is 9.89. The van der Waals surface area contributed by atoms with Gasteiger partial charge in [-0.3, -0.25) is 0 Å². The SMILES string of the molecule is Oc1ccccc1C1=NC(c2ccccc2O)(c2ccccc2O)NC=N1. The fourth-order valence-electron chi connectivity index (χ4n) is 3.18. The van der Waals surface area contributed by atoms with Crippen LogP contribution in [0.25, 0.3) is 0 Å². The van der Waals surface area contributed by atoms with Gasteiger partial charge in [0, 0.05) is 11.1 Å². The first-order chi connectivity index (χ1) is 13.1. The minimum absolute atomic E-state index is 0.0175. The van der Waals surface area contributed by atoms with Gasteiger partial charge in [-0.2, -0.15) is 0 Å². The first-order valence-electron chi connectivity index (χ1n) is 8.37. The Morgan fingerprint density at radius 1 is 0.667 bits per heavy atom. The van der Waals surface area contributed by atoms with Crippen molar-refractivity contribution in [2.75, 3.05) is 0 Å². The van der Waals surface area contributed by atoms with E-state index in [2.05, 4.69) is 10.3 Å².